The molecule has 0 bridgehead atoms. The summed E-state index contributed by atoms with van der Waals surface area (Å²) in [6, 6.07) is 9.14. The van der Waals surface area contributed by atoms with E-state index in [2.05, 4.69) is 54.8 Å². The quantitative estimate of drug-likeness (QED) is 0.706. The van der Waals surface area contributed by atoms with Gasteiger partial charge in [0.1, 0.15) is 0 Å². The molecule has 0 aliphatic carbocycles. The Balaban J connectivity index is 1.99. The van der Waals surface area contributed by atoms with Crippen LogP contribution in [0.3, 0.4) is 0 Å². The number of aromatic nitrogens is 1. The molecule has 1 aromatic heterocycles. The van der Waals surface area contributed by atoms with Crippen LogP contribution in [0, 0.1) is 12.8 Å². The summed E-state index contributed by atoms with van der Waals surface area (Å²) in [5, 5.41) is 3.44. The molecule has 1 aromatic carbocycles. The highest BCUT2D eigenvalue weighted by Gasteiger charge is 2.47. The maximum atomic E-state index is 5.86. The van der Waals surface area contributed by atoms with E-state index in [1.165, 1.54) is 22.2 Å². The van der Waals surface area contributed by atoms with E-state index < -0.39 is 0 Å². The summed E-state index contributed by atoms with van der Waals surface area (Å²) in [5.74, 6) is 0.591. The lowest BCUT2D eigenvalue weighted by atomic mass is 9.95. The standard InChI is InChI=1S/C15H18N2O/c1-9-11-6-4-5-7-13(11)17-8-12-10(2)18-16(3)15(12)14(9)17/h4-7,10,12,15H,8H2,1-3H3/t10?,12-,15+/m0/s1. The van der Waals surface area contributed by atoms with E-state index in [1.54, 1.807) is 0 Å². The van der Waals surface area contributed by atoms with Crippen molar-refractivity contribution in [2.24, 2.45) is 5.92 Å². The third-order valence-corrected chi connectivity index (χ3v) is 4.68. The number of fused-ring (bicyclic) bond motifs is 5. The van der Waals surface area contributed by atoms with Crippen LogP contribution in [0.4, 0.5) is 0 Å². The van der Waals surface area contributed by atoms with E-state index in [-0.39, 0.29) is 0 Å². The fourth-order valence-corrected chi connectivity index (χ4v) is 3.84. The number of rotatable bonds is 0. The van der Waals surface area contributed by atoms with Gasteiger partial charge in [-0.15, -0.1) is 0 Å². The minimum absolute atomic E-state index is 0.318. The first kappa shape index (κ1) is 10.6. The van der Waals surface area contributed by atoms with Crippen LogP contribution in [0.15, 0.2) is 24.3 Å². The van der Waals surface area contributed by atoms with Crippen LogP contribution in [0.2, 0.25) is 0 Å². The van der Waals surface area contributed by atoms with Crippen LogP contribution in [0.5, 0.6) is 0 Å². The van der Waals surface area contributed by atoms with Crippen LogP contribution in [-0.4, -0.2) is 22.8 Å². The Morgan fingerprint density at radius 1 is 1.28 bits per heavy atom. The molecule has 0 N–H and O–H groups in total. The lowest BCUT2D eigenvalue weighted by Gasteiger charge is -2.16. The zero-order valence-corrected chi connectivity index (χ0v) is 11.1. The molecule has 18 heavy (non-hydrogen) atoms. The van der Waals surface area contributed by atoms with Crippen LogP contribution in [0.25, 0.3) is 10.9 Å². The Hall–Kier alpha value is -1.32. The summed E-state index contributed by atoms with van der Waals surface area (Å²) < 4.78 is 2.50. The molecule has 2 aromatic rings. The number of hydrogen-bond acceptors (Lipinski definition) is 2. The summed E-state index contributed by atoms with van der Waals surface area (Å²) >= 11 is 0. The Bertz CT molecular complexity index is 631. The minimum atomic E-state index is 0.318. The molecule has 3 atom stereocenters. The van der Waals surface area contributed by atoms with Crippen LogP contribution < -0.4 is 0 Å². The molecular formula is C15H18N2O. The summed E-state index contributed by atoms with van der Waals surface area (Å²) in [7, 11) is 2.06. The van der Waals surface area contributed by atoms with Crippen LogP contribution in [0.1, 0.15) is 24.2 Å². The smallest absolute Gasteiger partial charge is 0.0830 e. The number of hydrogen-bond donors (Lipinski definition) is 0. The molecular weight excluding hydrogens is 224 g/mol. The molecule has 1 fully saturated rings. The van der Waals surface area contributed by atoms with Crippen LogP contribution in [-0.2, 0) is 11.4 Å². The molecule has 1 saturated heterocycles. The van der Waals surface area contributed by atoms with Crippen molar-refractivity contribution in [2.45, 2.75) is 32.5 Å². The average Bonchev–Trinajstić information content (AvgIpc) is 2.95. The number of hydroxylamine groups is 2. The van der Waals surface area contributed by atoms with Crippen molar-refractivity contribution in [2.75, 3.05) is 7.05 Å². The molecule has 0 amide bonds. The highest BCUT2D eigenvalue weighted by molar-refractivity contribution is 5.86. The van der Waals surface area contributed by atoms with Gasteiger partial charge in [-0.25, -0.2) is 0 Å². The number of aryl methyl sites for hydroxylation is 1. The number of para-hydroxylation sites is 1. The second-order valence-corrected chi connectivity index (χ2v) is 5.60. The maximum absolute atomic E-state index is 5.86. The van der Waals surface area contributed by atoms with Crippen molar-refractivity contribution < 1.29 is 4.84 Å². The lowest BCUT2D eigenvalue weighted by molar-refractivity contribution is -0.141. The van der Waals surface area contributed by atoms with E-state index in [0.717, 1.165) is 6.54 Å². The van der Waals surface area contributed by atoms with Crippen molar-refractivity contribution in [3.63, 3.8) is 0 Å². The normalized spacial score (nSPS) is 30.9. The van der Waals surface area contributed by atoms with Gasteiger partial charge < -0.3 is 4.57 Å². The van der Waals surface area contributed by atoms with E-state index in [9.17, 15) is 0 Å². The SMILES string of the molecule is Cc1c2n(c3ccccc13)C[C@H]1C(C)ON(C)[C@@H]21. The Kier molecular flexibility index (Phi) is 1.98. The third kappa shape index (κ3) is 1.11. The van der Waals surface area contributed by atoms with E-state index in [0.29, 0.717) is 18.1 Å². The molecule has 2 aliphatic rings. The molecule has 4 rings (SSSR count). The van der Waals surface area contributed by atoms with Gasteiger partial charge in [0.2, 0.25) is 0 Å². The van der Waals surface area contributed by atoms with E-state index >= 15 is 0 Å². The van der Waals surface area contributed by atoms with E-state index in [1.807, 2.05) is 0 Å². The second kappa shape index (κ2) is 3.37. The van der Waals surface area contributed by atoms with Crippen molar-refractivity contribution in [1.29, 1.82) is 0 Å². The Morgan fingerprint density at radius 2 is 2.06 bits per heavy atom. The van der Waals surface area contributed by atoms with Crippen LogP contribution >= 0.6 is 0 Å². The first-order valence-electron chi connectivity index (χ1n) is 6.66. The molecule has 1 unspecified atom stereocenters. The molecule has 94 valence electrons. The van der Waals surface area contributed by atoms with Gasteiger partial charge in [-0.2, -0.15) is 5.06 Å². The summed E-state index contributed by atoms with van der Waals surface area (Å²) in [5.41, 5.74) is 4.25. The molecule has 3 heterocycles. The van der Waals surface area contributed by atoms with Gasteiger partial charge in [0.15, 0.2) is 0 Å². The summed E-state index contributed by atoms with van der Waals surface area (Å²) in [4.78, 5) is 5.86. The van der Waals surface area contributed by atoms with Crippen molar-refractivity contribution in [3.8, 4) is 0 Å². The van der Waals surface area contributed by atoms with Crippen molar-refractivity contribution in [3.05, 3.63) is 35.5 Å². The predicted octanol–water partition coefficient (Wildman–Crippen LogP) is 2.89. The highest BCUT2D eigenvalue weighted by atomic mass is 16.7. The molecule has 0 radical (unpaired) electrons. The first-order chi connectivity index (χ1) is 8.68. The highest BCUT2D eigenvalue weighted by Crippen LogP contribution is 2.48. The summed E-state index contributed by atoms with van der Waals surface area (Å²) in [6.45, 7) is 5.51. The zero-order valence-electron chi connectivity index (χ0n) is 11.1. The topological polar surface area (TPSA) is 17.4 Å². The monoisotopic (exact) mass is 242 g/mol. The molecule has 3 heteroatoms. The van der Waals surface area contributed by atoms with Crippen molar-refractivity contribution >= 4 is 10.9 Å². The maximum Gasteiger partial charge on any atom is 0.0830 e. The van der Waals surface area contributed by atoms with Gasteiger partial charge in [0.05, 0.1) is 12.1 Å². The minimum Gasteiger partial charge on any atom is -0.342 e. The third-order valence-electron chi connectivity index (χ3n) is 4.68. The second-order valence-electron chi connectivity index (χ2n) is 5.60. The fourth-order valence-electron chi connectivity index (χ4n) is 3.84. The first-order valence-corrected chi connectivity index (χ1v) is 6.66. The number of nitrogens with zero attached hydrogens (tertiary/aromatic N) is 2. The zero-order chi connectivity index (χ0) is 12.4. The van der Waals surface area contributed by atoms with Gasteiger partial charge in [0, 0.05) is 36.1 Å². The number of benzene rings is 1. The van der Waals surface area contributed by atoms with Gasteiger partial charge in [-0.1, -0.05) is 18.2 Å². The Labute approximate surface area is 107 Å². The fraction of sp³-hybridized carbons (Fsp3) is 0.467. The predicted molar refractivity (Wildman–Crippen MR) is 71.2 cm³/mol. The molecule has 2 aliphatic heterocycles. The molecule has 0 saturated carbocycles. The Morgan fingerprint density at radius 3 is 2.89 bits per heavy atom. The largest absolute Gasteiger partial charge is 0.342 e. The molecule has 3 nitrogen and oxygen atoms in total. The van der Waals surface area contributed by atoms with Gasteiger partial charge in [-0.05, 0) is 25.5 Å². The van der Waals surface area contributed by atoms with Gasteiger partial charge in [-0.3, -0.25) is 4.84 Å². The van der Waals surface area contributed by atoms with Gasteiger partial charge >= 0.3 is 0 Å². The van der Waals surface area contributed by atoms with Gasteiger partial charge in [0.25, 0.3) is 0 Å². The summed E-state index contributed by atoms with van der Waals surface area (Å²) in [6.07, 6.45) is 0.318. The van der Waals surface area contributed by atoms with E-state index in [4.69, 9.17) is 4.84 Å². The lowest BCUT2D eigenvalue weighted by Crippen LogP contribution is -2.17. The molecule has 0 spiro atoms. The van der Waals surface area contributed by atoms with Crippen molar-refractivity contribution in [1.82, 2.24) is 9.63 Å². The average molecular weight is 242 g/mol.